The average Bonchev–Trinajstić information content (AvgIpc) is 2.63. The summed E-state index contributed by atoms with van der Waals surface area (Å²) in [7, 11) is -2.95. The van der Waals surface area contributed by atoms with E-state index in [1.54, 1.807) is 12.1 Å². The van der Waals surface area contributed by atoms with Crippen LogP contribution >= 0.6 is 0 Å². The molecule has 1 saturated heterocycles. The molecule has 1 aromatic carbocycles. The van der Waals surface area contributed by atoms with Gasteiger partial charge in [-0.3, -0.25) is 0 Å². The topological polar surface area (TPSA) is 54.4 Å². The van der Waals surface area contributed by atoms with E-state index >= 15 is 0 Å². The summed E-state index contributed by atoms with van der Waals surface area (Å²) in [6.45, 7) is -0.105. The van der Waals surface area contributed by atoms with Crippen molar-refractivity contribution in [3.05, 3.63) is 35.6 Å². The first kappa shape index (κ1) is 12.5. The third-order valence-electron chi connectivity index (χ3n) is 3.33. The molecule has 0 amide bonds. The summed E-state index contributed by atoms with van der Waals surface area (Å²) in [5.41, 5.74) is 0.802. The van der Waals surface area contributed by atoms with E-state index < -0.39 is 9.84 Å². The van der Waals surface area contributed by atoms with Gasteiger partial charge in [0.05, 0.1) is 18.1 Å². The molecule has 2 unspecified atom stereocenters. The van der Waals surface area contributed by atoms with Crippen LogP contribution in [0.3, 0.4) is 0 Å². The Hall–Kier alpha value is -0.940. The molecule has 1 aliphatic rings. The molecular formula is C12H15FO3S. The molecule has 0 spiro atoms. The van der Waals surface area contributed by atoms with Crippen LogP contribution in [-0.2, 0) is 9.84 Å². The van der Waals surface area contributed by atoms with E-state index in [9.17, 15) is 17.9 Å². The highest BCUT2D eigenvalue weighted by Crippen LogP contribution is 2.32. The van der Waals surface area contributed by atoms with E-state index in [0.29, 0.717) is 6.42 Å². The maximum Gasteiger partial charge on any atom is 0.150 e. The third kappa shape index (κ3) is 2.84. The monoisotopic (exact) mass is 258 g/mol. The molecule has 0 aliphatic carbocycles. The molecule has 5 heteroatoms. The molecular weight excluding hydrogens is 243 g/mol. The van der Waals surface area contributed by atoms with Crippen LogP contribution in [0.25, 0.3) is 0 Å². The molecule has 3 nitrogen and oxygen atoms in total. The number of aliphatic hydroxyl groups is 1. The lowest BCUT2D eigenvalue weighted by molar-refractivity contribution is 0.233. The second-order valence-corrected chi connectivity index (χ2v) is 6.73. The van der Waals surface area contributed by atoms with Crippen molar-refractivity contribution >= 4 is 9.84 Å². The Morgan fingerprint density at radius 3 is 2.47 bits per heavy atom. The minimum atomic E-state index is -2.95. The zero-order valence-electron chi connectivity index (χ0n) is 9.34. The van der Waals surface area contributed by atoms with Crippen molar-refractivity contribution in [2.24, 2.45) is 5.92 Å². The number of hydrogen-bond donors (Lipinski definition) is 1. The second kappa shape index (κ2) is 4.74. The molecule has 2 rings (SSSR count). The van der Waals surface area contributed by atoms with E-state index in [1.165, 1.54) is 12.1 Å². The van der Waals surface area contributed by atoms with Crippen molar-refractivity contribution in [3.63, 3.8) is 0 Å². The highest BCUT2D eigenvalue weighted by atomic mass is 32.2. The number of aliphatic hydroxyl groups excluding tert-OH is 1. The zero-order chi connectivity index (χ0) is 12.5. The Bertz CT molecular complexity index is 481. The summed E-state index contributed by atoms with van der Waals surface area (Å²) >= 11 is 0. The normalized spacial score (nSPS) is 24.7. The fraction of sp³-hybridized carbons (Fsp3) is 0.500. The van der Waals surface area contributed by atoms with Crippen molar-refractivity contribution in [1.29, 1.82) is 0 Å². The summed E-state index contributed by atoms with van der Waals surface area (Å²) in [5.74, 6) is -0.293. The van der Waals surface area contributed by atoms with Gasteiger partial charge in [-0.05, 0) is 30.0 Å². The highest BCUT2D eigenvalue weighted by Gasteiger charge is 2.34. The van der Waals surface area contributed by atoms with Crippen LogP contribution in [0.4, 0.5) is 4.39 Å². The maximum atomic E-state index is 12.8. The molecule has 1 fully saturated rings. The summed E-state index contributed by atoms with van der Waals surface area (Å²) in [4.78, 5) is 0. The average molecular weight is 258 g/mol. The minimum absolute atomic E-state index is 0.0598. The van der Waals surface area contributed by atoms with Crippen molar-refractivity contribution < 1.29 is 17.9 Å². The second-order valence-electron chi connectivity index (χ2n) is 4.50. The lowest BCUT2D eigenvalue weighted by Gasteiger charge is -2.20. The smallest absolute Gasteiger partial charge is 0.150 e. The van der Waals surface area contributed by atoms with Gasteiger partial charge < -0.3 is 5.11 Å². The quantitative estimate of drug-likeness (QED) is 0.890. The van der Waals surface area contributed by atoms with Crippen molar-refractivity contribution in [1.82, 2.24) is 0 Å². The van der Waals surface area contributed by atoms with Crippen LogP contribution in [0.15, 0.2) is 24.3 Å². The van der Waals surface area contributed by atoms with Gasteiger partial charge in [-0.15, -0.1) is 0 Å². The summed E-state index contributed by atoms with van der Waals surface area (Å²) in [6, 6.07) is 5.89. The van der Waals surface area contributed by atoms with Crippen molar-refractivity contribution in [3.8, 4) is 0 Å². The lowest BCUT2D eigenvalue weighted by atomic mass is 9.86. The predicted molar refractivity (Wildman–Crippen MR) is 63.0 cm³/mol. The zero-order valence-corrected chi connectivity index (χ0v) is 10.2. The first-order valence-corrected chi connectivity index (χ1v) is 7.41. The fourth-order valence-corrected chi connectivity index (χ4v) is 4.26. The van der Waals surface area contributed by atoms with Crippen molar-refractivity contribution in [2.45, 2.75) is 12.3 Å². The van der Waals surface area contributed by atoms with E-state index in [2.05, 4.69) is 0 Å². The number of halogens is 1. The van der Waals surface area contributed by atoms with Gasteiger partial charge in [-0.2, -0.15) is 0 Å². The highest BCUT2D eigenvalue weighted by molar-refractivity contribution is 7.91. The molecule has 2 atom stereocenters. The Balaban J connectivity index is 2.20. The van der Waals surface area contributed by atoms with Crippen molar-refractivity contribution in [2.75, 3.05) is 18.1 Å². The number of hydrogen-bond acceptors (Lipinski definition) is 3. The van der Waals surface area contributed by atoms with Crippen LogP contribution in [0.1, 0.15) is 17.9 Å². The fourth-order valence-electron chi connectivity index (χ4n) is 2.38. The molecule has 0 bridgehead atoms. The van der Waals surface area contributed by atoms with Gasteiger partial charge >= 0.3 is 0 Å². The first-order chi connectivity index (χ1) is 8.02. The first-order valence-electron chi connectivity index (χ1n) is 5.58. The molecule has 1 aromatic rings. The lowest BCUT2D eigenvalue weighted by Crippen LogP contribution is -2.18. The van der Waals surface area contributed by atoms with Gasteiger partial charge in [0.25, 0.3) is 0 Å². The van der Waals surface area contributed by atoms with E-state index in [0.717, 1.165) is 5.56 Å². The summed E-state index contributed by atoms with van der Waals surface area (Å²) in [6.07, 6.45) is 0.574. The van der Waals surface area contributed by atoms with Crippen LogP contribution in [0.5, 0.6) is 0 Å². The van der Waals surface area contributed by atoms with Gasteiger partial charge in [-0.1, -0.05) is 12.1 Å². The summed E-state index contributed by atoms with van der Waals surface area (Å²) in [5, 5.41) is 9.39. The van der Waals surface area contributed by atoms with Gasteiger partial charge in [0.1, 0.15) is 5.82 Å². The molecule has 1 heterocycles. The molecule has 0 saturated carbocycles. The molecule has 1 aliphatic heterocycles. The van der Waals surface area contributed by atoms with Crippen LogP contribution in [0.2, 0.25) is 0 Å². The Morgan fingerprint density at radius 2 is 2.00 bits per heavy atom. The van der Waals surface area contributed by atoms with Crippen LogP contribution in [-0.4, -0.2) is 31.6 Å². The van der Waals surface area contributed by atoms with Gasteiger partial charge in [0, 0.05) is 5.92 Å². The van der Waals surface area contributed by atoms with Crippen LogP contribution in [0, 0.1) is 11.7 Å². The molecule has 0 radical (unpaired) electrons. The van der Waals surface area contributed by atoms with E-state index in [1.807, 2.05) is 0 Å². The molecule has 0 aromatic heterocycles. The minimum Gasteiger partial charge on any atom is -0.396 e. The molecule has 1 N–H and O–H groups in total. The standard InChI is InChI=1S/C12H15FO3S/c13-11-3-1-9(2-4-11)12(7-14)10-5-6-17(15,16)8-10/h1-4,10,12,14H,5-8H2. The van der Waals surface area contributed by atoms with Gasteiger partial charge in [0.2, 0.25) is 0 Å². The predicted octanol–water partition coefficient (Wildman–Crippen LogP) is 1.34. The number of rotatable bonds is 3. The molecule has 17 heavy (non-hydrogen) atoms. The Morgan fingerprint density at radius 1 is 1.35 bits per heavy atom. The third-order valence-corrected chi connectivity index (χ3v) is 5.13. The van der Waals surface area contributed by atoms with Gasteiger partial charge in [-0.25, -0.2) is 12.8 Å². The van der Waals surface area contributed by atoms with E-state index in [4.69, 9.17) is 0 Å². The summed E-state index contributed by atoms with van der Waals surface area (Å²) < 4.78 is 35.6. The van der Waals surface area contributed by atoms with Crippen LogP contribution < -0.4 is 0 Å². The van der Waals surface area contributed by atoms with E-state index in [-0.39, 0.29) is 35.8 Å². The van der Waals surface area contributed by atoms with Gasteiger partial charge in [0.15, 0.2) is 9.84 Å². The number of benzene rings is 1. The number of sulfone groups is 1. The Kier molecular flexibility index (Phi) is 3.49. The SMILES string of the molecule is O=S1(=O)CCC(C(CO)c2ccc(F)cc2)C1. The molecule has 94 valence electrons. The maximum absolute atomic E-state index is 12.8. The Labute approximate surface area is 100 Å². The largest absolute Gasteiger partial charge is 0.396 e.